The maximum absolute atomic E-state index is 10.4. The average molecular weight is 169 g/mol. The second-order valence-electron chi connectivity index (χ2n) is 3.23. The second kappa shape index (κ2) is 4.26. The van der Waals surface area contributed by atoms with Gasteiger partial charge in [0, 0.05) is 18.2 Å². The number of carboxylic acids is 1. The standard InChI is InChI=1S/C9H15NO2/c1-7(9(11)12)5-6-10-8-3-2-4-8/h5,8,10H,2-4,6H2,1H3,(H,11,12). The van der Waals surface area contributed by atoms with Gasteiger partial charge in [-0.15, -0.1) is 0 Å². The summed E-state index contributed by atoms with van der Waals surface area (Å²) in [4.78, 5) is 10.4. The van der Waals surface area contributed by atoms with Gasteiger partial charge in [-0.1, -0.05) is 12.5 Å². The summed E-state index contributed by atoms with van der Waals surface area (Å²) in [6.45, 7) is 2.30. The molecule has 3 nitrogen and oxygen atoms in total. The van der Waals surface area contributed by atoms with E-state index in [1.54, 1.807) is 13.0 Å². The molecule has 0 aromatic carbocycles. The van der Waals surface area contributed by atoms with E-state index in [2.05, 4.69) is 5.32 Å². The lowest BCUT2D eigenvalue weighted by Gasteiger charge is -2.25. The van der Waals surface area contributed by atoms with Gasteiger partial charge in [0.05, 0.1) is 0 Å². The highest BCUT2D eigenvalue weighted by molar-refractivity contribution is 5.85. The topological polar surface area (TPSA) is 49.3 Å². The van der Waals surface area contributed by atoms with Gasteiger partial charge in [-0.25, -0.2) is 4.79 Å². The van der Waals surface area contributed by atoms with Crippen molar-refractivity contribution in [1.82, 2.24) is 5.32 Å². The molecule has 0 radical (unpaired) electrons. The molecule has 1 aliphatic rings. The molecule has 1 saturated carbocycles. The van der Waals surface area contributed by atoms with Crippen molar-refractivity contribution >= 4 is 5.97 Å². The highest BCUT2D eigenvalue weighted by Crippen LogP contribution is 2.17. The first-order valence-electron chi connectivity index (χ1n) is 4.33. The molecule has 1 fully saturated rings. The lowest BCUT2D eigenvalue weighted by atomic mass is 9.93. The fourth-order valence-electron chi connectivity index (χ4n) is 1.08. The zero-order valence-electron chi connectivity index (χ0n) is 7.34. The molecule has 1 rings (SSSR count). The van der Waals surface area contributed by atoms with Crippen LogP contribution in [0.4, 0.5) is 0 Å². The van der Waals surface area contributed by atoms with Crippen LogP contribution in [0.5, 0.6) is 0 Å². The van der Waals surface area contributed by atoms with Crippen LogP contribution in [0.1, 0.15) is 26.2 Å². The average Bonchev–Trinajstić information content (AvgIpc) is 1.93. The molecule has 2 N–H and O–H groups in total. The monoisotopic (exact) mass is 169 g/mol. The van der Waals surface area contributed by atoms with Crippen molar-refractivity contribution in [3.63, 3.8) is 0 Å². The van der Waals surface area contributed by atoms with Crippen LogP contribution in [0.3, 0.4) is 0 Å². The molecular formula is C9H15NO2. The van der Waals surface area contributed by atoms with Crippen molar-refractivity contribution < 1.29 is 9.90 Å². The summed E-state index contributed by atoms with van der Waals surface area (Å²) in [5.74, 6) is -0.828. The molecule has 0 atom stereocenters. The highest BCUT2D eigenvalue weighted by Gasteiger charge is 2.15. The third-order valence-electron chi connectivity index (χ3n) is 2.26. The first kappa shape index (κ1) is 9.26. The summed E-state index contributed by atoms with van der Waals surface area (Å²) in [6, 6.07) is 0.628. The fourth-order valence-corrected chi connectivity index (χ4v) is 1.08. The van der Waals surface area contributed by atoms with Crippen LogP contribution < -0.4 is 5.32 Å². The summed E-state index contributed by atoms with van der Waals surface area (Å²) in [5, 5.41) is 11.8. The van der Waals surface area contributed by atoms with Gasteiger partial charge >= 0.3 is 5.97 Å². The molecule has 3 heteroatoms. The Bertz CT molecular complexity index is 195. The Morgan fingerprint density at radius 2 is 2.33 bits per heavy atom. The molecule has 0 unspecified atom stereocenters. The number of carboxylic acid groups (broad SMARTS) is 1. The van der Waals surface area contributed by atoms with Gasteiger partial charge in [0.15, 0.2) is 0 Å². The predicted octanol–water partition coefficient (Wildman–Crippen LogP) is 1.16. The van der Waals surface area contributed by atoms with Crippen LogP contribution >= 0.6 is 0 Å². The van der Waals surface area contributed by atoms with Crippen molar-refractivity contribution in [1.29, 1.82) is 0 Å². The summed E-state index contributed by atoms with van der Waals surface area (Å²) < 4.78 is 0. The SMILES string of the molecule is CC(=CCNC1CCC1)C(=O)O. The number of rotatable bonds is 4. The van der Waals surface area contributed by atoms with E-state index in [0.29, 0.717) is 18.2 Å². The molecule has 0 amide bonds. The molecule has 0 heterocycles. The molecule has 0 aliphatic heterocycles. The molecule has 68 valence electrons. The Hall–Kier alpha value is -0.830. The summed E-state index contributed by atoms with van der Waals surface area (Å²) in [5.41, 5.74) is 0.418. The van der Waals surface area contributed by atoms with E-state index in [9.17, 15) is 4.79 Å². The van der Waals surface area contributed by atoms with E-state index in [-0.39, 0.29) is 0 Å². The predicted molar refractivity (Wildman–Crippen MR) is 47.0 cm³/mol. The quantitative estimate of drug-likeness (QED) is 0.621. The third-order valence-corrected chi connectivity index (χ3v) is 2.26. The highest BCUT2D eigenvalue weighted by atomic mass is 16.4. The summed E-state index contributed by atoms with van der Waals surface area (Å²) in [7, 11) is 0. The molecule has 0 aromatic rings. The Balaban J connectivity index is 2.14. The number of hydrogen-bond donors (Lipinski definition) is 2. The molecule has 1 aliphatic carbocycles. The summed E-state index contributed by atoms with van der Waals surface area (Å²) >= 11 is 0. The van der Waals surface area contributed by atoms with Crippen LogP contribution in [0.15, 0.2) is 11.6 Å². The molecule has 0 saturated heterocycles. The number of nitrogens with one attached hydrogen (secondary N) is 1. The second-order valence-corrected chi connectivity index (χ2v) is 3.23. The van der Waals surface area contributed by atoms with Gasteiger partial charge in [0.2, 0.25) is 0 Å². The lowest BCUT2D eigenvalue weighted by Crippen LogP contribution is -2.35. The van der Waals surface area contributed by atoms with Crippen LogP contribution in [0, 0.1) is 0 Å². The van der Waals surface area contributed by atoms with E-state index < -0.39 is 5.97 Å². The van der Waals surface area contributed by atoms with Gasteiger partial charge in [0.1, 0.15) is 0 Å². The van der Waals surface area contributed by atoms with Crippen molar-refractivity contribution in [3.05, 3.63) is 11.6 Å². The van der Waals surface area contributed by atoms with Crippen LogP contribution in [-0.4, -0.2) is 23.7 Å². The maximum atomic E-state index is 10.4. The molecule has 0 spiro atoms. The first-order valence-corrected chi connectivity index (χ1v) is 4.33. The van der Waals surface area contributed by atoms with Crippen molar-refractivity contribution in [2.45, 2.75) is 32.2 Å². The van der Waals surface area contributed by atoms with Crippen LogP contribution in [0.2, 0.25) is 0 Å². The van der Waals surface area contributed by atoms with Gasteiger partial charge in [-0.3, -0.25) is 0 Å². The van der Waals surface area contributed by atoms with Crippen LogP contribution in [-0.2, 0) is 4.79 Å². The van der Waals surface area contributed by atoms with Crippen molar-refractivity contribution in [2.75, 3.05) is 6.54 Å². The van der Waals surface area contributed by atoms with Crippen LogP contribution in [0.25, 0.3) is 0 Å². The Morgan fingerprint density at radius 1 is 1.67 bits per heavy atom. The van der Waals surface area contributed by atoms with E-state index in [1.165, 1.54) is 19.3 Å². The van der Waals surface area contributed by atoms with E-state index in [1.807, 2.05) is 0 Å². The summed E-state index contributed by atoms with van der Waals surface area (Å²) in [6.07, 6.45) is 5.50. The minimum Gasteiger partial charge on any atom is -0.478 e. The van der Waals surface area contributed by atoms with Crippen molar-refractivity contribution in [2.24, 2.45) is 0 Å². The van der Waals surface area contributed by atoms with Crippen molar-refractivity contribution in [3.8, 4) is 0 Å². The molecule has 12 heavy (non-hydrogen) atoms. The van der Waals surface area contributed by atoms with Gasteiger partial charge < -0.3 is 10.4 Å². The van der Waals surface area contributed by atoms with Gasteiger partial charge in [-0.05, 0) is 19.8 Å². The minimum absolute atomic E-state index is 0.418. The zero-order valence-corrected chi connectivity index (χ0v) is 7.34. The molecule has 0 aromatic heterocycles. The largest absolute Gasteiger partial charge is 0.478 e. The maximum Gasteiger partial charge on any atom is 0.330 e. The Morgan fingerprint density at radius 3 is 2.75 bits per heavy atom. The third kappa shape index (κ3) is 2.66. The number of aliphatic carboxylic acids is 1. The molecular weight excluding hydrogens is 154 g/mol. The molecule has 0 bridgehead atoms. The smallest absolute Gasteiger partial charge is 0.330 e. The Kier molecular flexibility index (Phi) is 3.29. The Labute approximate surface area is 72.5 Å². The zero-order chi connectivity index (χ0) is 8.97. The number of carbonyl (C=O) groups is 1. The fraction of sp³-hybridized carbons (Fsp3) is 0.667. The van der Waals surface area contributed by atoms with Gasteiger partial charge in [-0.2, -0.15) is 0 Å². The number of hydrogen-bond acceptors (Lipinski definition) is 2. The first-order chi connectivity index (χ1) is 5.70. The van der Waals surface area contributed by atoms with E-state index >= 15 is 0 Å². The minimum atomic E-state index is -0.828. The van der Waals surface area contributed by atoms with Gasteiger partial charge in [0.25, 0.3) is 0 Å². The normalized spacial score (nSPS) is 18.9. The van der Waals surface area contributed by atoms with E-state index in [0.717, 1.165) is 0 Å². The lowest BCUT2D eigenvalue weighted by molar-refractivity contribution is -0.132. The van der Waals surface area contributed by atoms with E-state index in [4.69, 9.17) is 5.11 Å².